The van der Waals surface area contributed by atoms with Crippen molar-refractivity contribution >= 4 is 55.6 Å². The number of hydrogen-bond donors (Lipinski definition) is 3. The van der Waals surface area contributed by atoms with Crippen LogP contribution in [0.5, 0.6) is 5.75 Å². The van der Waals surface area contributed by atoms with Gasteiger partial charge in [-0.25, -0.2) is 4.98 Å². The minimum absolute atomic E-state index is 0.126. The molecule has 0 radical (unpaired) electrons. The van der Waals surface area contributed by atoms with Crippen LogP contribution in [0.4, 0.5) is 22.2 Å². The van der Waals surface area contributed by atoms with Gasteiger partial charge in [0.2, 0.25) is 0 Å². The van der Waals surface area contributed by atoms with Gasteiger partial charge in [0.1, 0.15) is 18.0 Å². The van der Waals surface area contributed by atoms with E-state index in [9.17, 15) is 19.7 Å². The van der Waals surface area contributed by atoms with Gasteiger partial charge in [0.25, 0.3) is 17.5 Å². The van der Waals surface area contributed by atoms with Crippen LogP contribution < -0.4 is 20.7 Å². The third kappa shape index (κ3) is 8.01. The lowest BCUT2D eigenvalue weighted by Crippen LogP contribution is -2.13. The number of aromatic nitrogens is 1. The number of thiazole rings is 1. The molecule has 240 valence electrons. The second-order valence-electron chi connectivity index (χ2n) is 11.1. The Morgan fingerprint density at radius 3 is 2.27 bits per heavy atom. The molecular weight excluding hydrogens is 627 g/mol. The van der Waals surface area contributed by atoms with Crippen LogP contribution >= 0.6 is 11.3 Å². The Kier molecular flexibility index (Phi) is 9.68. The van der Waals surface area contributed by atoms with Gasteiger partial charge in [-0.05, 0) is 79.1 Å². The van der Waals surface area contributed by atoms with Crippen LogP contribution in [0, 0.1) is 17.0 Å². The number of fused-ring (bicyclic) bond motifs is 1. The third-order valence-corrected chi connectivity index (χ3v) is 8.47. The maximum Gasteiger partial charge on any atom is 0.293 e. The standard InChI is InChI=1S/C37H31N5O5S/c1-24-7-9-26(10-8-24)23-47-30-15-13-29(14-16-30)39-35(43)28-12-18-32-34(22-28)48-37(40-32)41-36(44)27-11-17-31(33(21-27)42(45)46)38-20-19-25-5-3-2-4-6-25/h2-18,21-22,38H,19-20,23H2,1H3,(H,39,43)(H,40,41,44). The van der Waals surface area contributed by atoms with Crippen molar-refractivity contribution < 1.29 is 19.2 Å². The largest absolute Gasteiger partial charge is 0.489 e. The molecule has 0 aliphatic heterocycles. The van der Waals surface area contributed by atoms with Gasteiger partial charge in [-0.15, -0.1) is 0 Å². The molecule has 0 atom stereocenters. The Hall–Kier alpha value is -6.07. The van der Waals surface area contributed by atoms with Gasteiger partial charge in [0.15, 0.2) is 5.13 Å². The van der Waals surface area contributed by atoms with E-state index >= 15 is 0 Å². The summed E-state index contributed by atoms with van der Waals surface area (Å²) in [6, 6.07) is 34.5. The van der Waals surface area contributed by atoms with Crippen molar-refractivity contribution in [2.45, 2.75) is 20.0 Å². The molecule has 2 amide bonds. The van der Waals surface area contributed by atoms with Crippen LogP contribution in [0.15, 0.2) is 115 Å². The zero-order valence-corrected chi connectivity index (χ0v) is 26.8. The molecule has 0 saturated heterocycles. The molecule has 6 rings (SSSR count). The van der Waals surface area contributed by atoms with Crippen molar-refractivity contribution in [1.82, 2.24) is 4.98 Å². The molecule has 10 nitrogen and oxygen atoms in total. The number of nitro groups is 1. The van der Waals surface area contributed by atoms with E-state index in [2.05, 4.69) is 20.9 Å². The molecule has 0 aliphatic carbocycles. The predicted molar refractivity (Wildman–Crippen MR) is 189 cm³/mol. The molecule has 0 bridgehead atoms. The highest BCUT2D eigenvalue weighted by Crippen LogP contribution is 2.30. The minimum atomic E-state index is -0.530. The highest BCUT2D eigenvalue weighted by Gasteiger charge is 2.19. The van der Waals surface area contributed by atoms with Crippen LogP contribution in [0.3, 0.4) is 0 Å². The molecule has 48 heavy (non-hydrogen) atoms. The summed E-state index contributed by atoms with van der Waals surface area (Å²) in [5.74, 6) is -0.137. The summed E-state index contributed by atoms with van der Waals surface area (Å²) in [4.78, 5) is 41.8. The number of carbonyl (C=O) groups excluding carboxylic acids is 2. The zero-order valence-electron chi connectivity index (χ0n) is 25.9. The van der Waals surface area contributed by atoms with Crippen LogP contribution in [0.1, 0.15) is 37.4 Å². The van der Waals surface area contributed by atoms with E-state index in [1.54, 1.807) is 42.5 Å². The molecule has 1 heterocycles. The first-order valence-corrected chi connectivity index (χ1v) is 16.0. The molecule has 1 aromatic heterocycles. The maximum absolute atomic E-state index is 13.0. The van der Waals surface area contributed by atoms with E-state index in [0.29, 0.717) is 57.6 Å². The molecule has 11 heteroatoms. The summed E-state index contributed by atoms with van der Waals surface area (Å²) in [7, 11) is 0. The number of anilines is 3. The van der Waals surface area contributed by atoms with E-state index < -0.39 is 10.8 Å². The maximum atomic E-state index is 13.0. The molecule has 0 aliphatic rings. The lowest BCUT2D eigenvalue weighted by molar-refractivity contribution is -0.384. The van der Waals surface area contributed by atoms with Crippen molar-refractivity contribution in [2.24, 2.45) is 0 Å². The van der Waals surface area contributed by atoms with Gasteiger partial charge in [-0.1, -0.05) is 71.5 Å². The van der Waals surface area contributed by atoms with Crippen LogP contribution in [0.2, 0.25) is 0 Å². The number of aryl methyl sites for hydroxylation is 1. The molecule has 0 saturated carbocycles. The SMILES string of the molecule is Cc1ccc(COc2ccc(NC(=O)c3ccc4nc(NC(=O)c5ccc(NCCc6ccccc6)c([N+](=O)[O-])c5)sc4c3)cc2)cc1. The highest BCUT2D eigenvalue weighted by atomic mass is 32.1. The molecule has 3 N–H and O–H groups in total. The summed E-state index contributed by atoms with van der Waals surface area (Å²) < 4.78 is 6.55. The first kappa shape index (κ1) is 31.9. The number of nitro benzene ring substituents is 1. The summed E-state index contributed by atoms with van der Waals surface area (Å²) in [6.07, 6.45) is 0.694. The predicted octanol–water partition coefficient (Wildman–Crippen LogP) is 8.25. The first-order valence-electron chi connectivity index (χ1n) is 15.2. The van der Waals surface area contributed by atoms with E-state index in [4.69, 9.17) is 4.74 Å². The average molecular weight is 658 g/mol. The Bertz CT molecular complexity index is 2080. The van der Waals surface area contributed by atoms with Crippen molar-refractivity contribution in [1.29, 1.82) is 0 Å². The topological polar surface area (TPSA) is 135 Å². The quantitative estimate of drug-likeness (QED) is 0.0891. The molecular formula is C37H31N5O5S. The number of nitrogens with zero attached hydrogens (tertiary/aromatic N) is 2. The van der Waals surface area contributed by atoms with Gasteiger partial charge in [-0.3, -0.25) is 25.0 Å². The molecule has 0 spiro atoms. The summed E-state index contributed by atoms with van der Waals surface area (Å²) in [6.45, 7) is 2.98. The number of carbonyl (C=O) groups is 2. The lowest BCUT2D eigenvalue weighted by atomic mass is 10.1. The average Bonchev–Trinajstić information content (AvgIpc) is 3.50. The second-order valence-corrected chi connectivity index (χ2v) is 12.1. The van der Waals surface area contributed by atoms with E-state index in [1.807, 2.05) is 61.5 Å². The van der Waals surface area contributed by atoms with Crippen molar-refractivity contribution in [2.75, 3.05) is 22.5 Å². The van der Waals surface area contributed by atoms with Gasteiger partial charge in [0.05, 0.1) is 15.1 Å². The van der Waals surface area contributed by atoms with Gasteiger partial charge >= 0.3 is 0 Å². The molecule has 5 aromatic carbocycles. The van der Waals surface area contributed by atoms with E-state index in [1.165, 1.54) is 35.1 Å². The number of hydrogen-bond acceptors (Lipinski definition) is 8. The molecule has 0 unspecified atom stereocenters. The summed E-state index contributed by atoms with van der Waals surface area (Å²) in [5, 5.41) is 20.8. The van der Waals surface area contributed by atoms with Gasteiger partial charge < -0.3 is 15.4 Å². The monoisotopic (exact) mass is 657 g/mol. The van der Waals surface area contributed by atoms with E-state index in [-0.39, 0.29) is 17.2 Å². The van der Waals surface area contributed by atoms with Crippen LogP contribution in [-0.2, 0) is 13.0 Å². The van der Waals surface area contributed by atoms with Crippen molar-refractivity contribution in [3.63, 3.8) is 0 Å². The van der Waals surface area contributed by atoms with Gasteiger partial charge in [0, 0.05) is 29.4 Å². The molecule has 0 fully saturated rings. The number of ether oxygens (including phenoxy) is 1. The Morgan fingerprint density at radius 2 is 1.52 bits per heavy atom. The molecule has 6 aromatic rings. The van der Waals surface area contributed by atoms with Crippen LogP contribution in [-0.4, -0.2) is 28.3 Å². The Labute approximate surface area is 280 Å². The highest BCUT2D eigenvalue weighted by molar-refractivity contribution is 7.22. The van der Waals surface area contributed by atoms with E-state index in [0.717, 1.165) is 11.1 Å². The van der Waals surface area contributed by atoms with Crippen LogP contribution in [0.25, 0.3) is 10.2 Å². The normalized spacial score (nSPS) is 10.8. The first-order chi connectivity index (χ1) is 23.3. The third-order valence-electron chi connectivity index (χ3n) is 7.54. The zero-order chi connectivity index (χ0) is 33.5. The fourth-order valence-electron chi connectivity index (χ4n) is 4.94. The fourth-order valence-corrected chi connectivity index (χ4v) is 5.84. The van der Waals surface area contributed by atoms with Gasteiger partial charge in [-0.2, -0.15) is 0 Å². The number of nitrogens with one attached hydrogen (secondary N) is 3. The number of amides is 2. The number of benzene rings is 5. The lowest BCUT2D eigenvalue weighted by Gasteiger charge is -2.09. The summed E-state index contributed by atoms with van der Waals surface area (Å²) in [5.41, 5.74) is 5.28. The Morgan fingerprint density at radius 1 is 0.812 bits per heavy atom. The smallest absolute Gasteiger partial charge is 0.293 e. The second kappa shape index (κ2) is 14.6. The number of rotatable bonds is 12. The van der Waals surface area contributed by atoms with Crippen molar-refractivity contribution in [3.05, 3.63) is 153 Å². The summed E-state index contributed by atoms with van der Waals surface area (Å²) >= 11 is 1.20. The Balaban J connectivity index is 1.06. The van der Waals surface area contributed by atoms with Crippen molar-refractivity contribution in [3.8, 4) is 5.75 Å². The minimum Gasteiger partial charge on any atom is -0.489 e. The fraction of sp³-hybridized carbons (Fsp3) is 0.108.